The van der Waals surface area contributed by atoms with E-state index < -0.39 is 10.9 Å². The molecule has 0 radical (unpaired) electrons. The maximum absolute atomic E-state index is 11.7. The predicted octanol–water partition coefficient (Wildman–Crippen LogP) is 3.71. The van der Waals surface area contributed by atoms with E-state index >= 15 is 0 Å². The summed E-state index contributed by atoms with van der Waals surface area (Å²) in [7, 11) is 0. The molecule has 2 rings (SSSR count). The highest BCUT2D eigenvalue weighted by atomic mass is 16.6. The Morgan fingerprint density at radius 1 is 1.29 bits per heavy atom. The van der Waals surface area contributed by atoms with Crippen LogP contribution >= 0.6 is 0 Å². The fraction of sp³-hybridized carbons (Fsp3) is 0.188. The van der Waals surface area contributed by atoms with Crippen molar-refractivity contribution in [3.63, 3.8) is 0 Å². The fourth-order valence-corrected chi connectivity index (χ4v) is 2.12. The van der Waals surface area contributed by atoms with Crippen molar-refractivity contribution in [3.05, 3.63) is 57.6 Å². The summed E-state index contributed by atoms with van der Waals surface area (Å²) in [6.07, 6.45) is 1.51. The lowest BCUT2D eigenvalue weighted by Crippen LogP contribution is -2.05. The van der Waals surface area contributed by atoms with Crippen LogP contribution in [0.25, 0.3) is 16.8 Å². The van der Waals surface area contributed by atoms with Crippen molar-refractivity contribution in [1.29, 1.82) is 0 Å². The van der Waals surface area contributed by atoms with Gasteiger partial charge in [-0.2, -0.15) is 0 Å². The molecule has 0 N–H and O–H groups in total. The Morgan fingerprint density at radius 2 is 2.00 bits per heavy atom. The van der Waals surface area contributed by atoms with Crippen molar-refractivity contribution in [3.8, 4) is 0 Å². The van der Waals surface area contributed by atoms with Crippen molar-refractivity contribution in [2.45, 2.75) is 13.8 Å². The third kappa shape index (κ3) is 3.08. The van der Waals surface area contributed by atoms with Gasteiger partial charge in [-0.3, -0.25) is 10.1 Å². The Bertz CT molecular complexity index is 734. The molecule has 0 aromatic heterocycles. The molecule has 21 heavy (non-hydrogen) atoms. The molecule has 0 atom stereocenters. The molecule has 0 bridgehead atoms. The van der Waals surface area contributed by atoms with Crippen molar-refractivity contribution >= 4 is 28.5 Å². The maximum Gasteiger partial charge on any atom is 0.333 e. The minimum Gasteiger partial charge on any atom is -0.463 e. The normalized spacial score (nSPS) is 11.4. The second kappa shape index (κ2) is 6.17. The van der Waals surface area contributed by atoms with Crippen LogP contribution in [0.5, 0.6) is 0 Å². The van der Waals surface area contributed by atoms with Crippen LogP contribution in [-0.2, 0) is 9.53 Å². The molecule has 2 aromatic carbocycles. The van der Waals surface area contributed by atoms with Gasteiger partial charge in [0.25, 0.3) is 5.69 Å². The zero-order chi connectivity index (χ0) is 15.4. The van der Waals surface area contributed by atoms with Crippen molar-refractivity contribution in [1.82, 2.24) is 0 Å². The van der Waals surface area contributed by atoms with Gasteiger partial charge >= 0.3 is 5.97 Å². The Morgan fingerprint density at radius 3 is 2.67 bits per heavy atom. The van der Waals surface area contributed by atoms with Gasteiger partial charge in [0.1, 0.15) is 0 Å². The molecule has 0 aliphatic rings. The molecule has 0 saturated carbocycles. The molecule has 5 nitrogen and oxygen atoms in total. The van der Waals surface area contributed by atoms with E-state index in [0.29, 0.717) is 11.1 Å². The molecule has 0 spiro atoms. The number of rotatable bonds is 4. The number of carbonyl (C=O) groups excluding carboxylic acids is 1. The van der Waals surface area contributed by atoms with Crippen LogP contribution in [0.2, 0.25) is 0 Å². The second-order valence-electron chi connectivity index (χ2n) is 4.52. The van der Waals surface area contributed by atoms with Gasteiger partial charge in [0.05, 0.1) is 17.1 Å². The zero-order valence-electron chi connectivity index (χ0n) is 11.8. The van der Waals surface area contributed by atoms with E-state index in [-0.39, 0.29) is 12.3 Å². The van der Waals surface area contributed by atoms with Gasteiger partial charge in [-0.25, -0.2) is 4.79 Å². The lowest BCUT2D eigenvalue weighted by atomic mass is 10.0. The summed E-state index contributed by atoms with van der Waals surface area (Å²) in [5.74, 6) is -0.472. The maximum atomic E-state index is 11.7. The number of nitro groups is 1. The number of esters is 1. The first-order chi connectivity index (χ1) is 10.0. The van der Waals surface area contributed by atoms with E-state index in [1.807, 2.05) is 18.2 Å². The molecule has 0 unspecified atom stereocenters. The monoisotopic (exact) mass is 285 g/mol. The number of ether oxygens (including phenoxy) is 1. The number of benzene rings is 2. The summed E-state index contributed by atoms with van der Waals surface area (Å²) in [5.41, 5.74) is 0.720. The van der Waals surface area contributed by atoms with Crippen molar-refractivity contribution in [2.75, 3.05) is 6.61 Å². The summed E-state index contributed by atoms with van der Waals surface area (Å²) < 4.78 is 4.91. The standard InChI is InChI=1S/C16H15NO4/c1-3-21-16(18)11(2)10-14-13-7-5-4-6-12(13)8-9-15(14)17(19)20/h4-10H,3H2,1-2H3. The number of hydrogen-bond acceptors (Lipinski definition) is 4. The summed E-state index contributed by atoms with van der Waals surface area (Å²) in [4.78, 5) is 22.5. The van der Waals surface area contributed by atoms with Gasteiger partial charge in [-0.05, 0) is 36.8 Å². The largest absolute Gasteiger partial charge is 0.463 e. The first kappa shape index (κ1) is 14.7. The average Bonchev–Trinajstić information content (AvgIpc) is 2.47. The SMILES string of the molecule is CCOC(=O)C(C)=Cc1c([N+](=O)[O-])ccc2ccccc12. The van der Waals surface area contributed by atoms with Crippen LogP contribution < -0.4 is 0 Å². The van der Waals surface area contributed by atoms with E-state index in [9.17, 15) is 14.9 Å². The van der Waals surface area contributed by atoms with E-state index in [2.05, 4.69) is 0 Å². The number of hydrogen-bond donors (Lipinski definition) is 0. The quantitative estimate of drug-likeness (QED) is 0.371. The van der Waals surface area contributed by atoms with Crippen LogP contribution in [0, 0.1) is 10.1 Å². The molecule has 2 aromatic rings. The highest BCUT2D eigenvalue weighted by Crippen LogP contribution is 2.30. The Hall–Kier alpha value is -2.69. The number of carbonyl (C=O) groups is 1. The van der Waals surface area contributed by atoms with Gasteiger partial charge in [0.2, 0.25) is 0 Å². The Kier molecular flexibility index (Phi) is 4.33. The van der Waals surface area contributed by atoms with Crippen LogP contribution in [0.15, 0.2) is 42.0 Å². The fourth-order valence-electron chi connectivity index (χ4n) is 2.12. The third-order valence-corrected chi connectivity index (χ3v) is 3.10. The van der Waals surface area contributed by atoms with Gasteiger partial charge in [-0.1, -0.05) is 24.3 Å². The number of nitro benzene ring substituents is 1. The molecule has 0 amide bonds. The topological polar surface area (TPSA) is 69.4 Å². The van der Waals surface area contributed by atoms with E-state index in [0.717, 1.165) is 10.8 Å². The molecule has 0 heterocycles. The van der Waals surface area contributed by atoms with Gasteiger partial charge in [0.15, 0.2) is 0 Å². The average molecular weight is 285 g/mol. The highest BCUT2D eigenvalue weighted by Gasteiger charge is 2.16. The summed E-state index contributed by atoms with van der Waals surface area (Å²) in [6, 6.07) is 10.5. The number of nitrogens with zero attached hydrogens (tertiary/aromatic N) is 1. The third-order valence-electron chi connectivity index (χ3n) is 3.10. The lowest BCUT2D eigenvalue weighted by molar-refractivity contribution is -0.384. The molecule has 0 saturated heterocycles. The van der Waals surface area contributed by atoms with E-state index in [1.54, 1.807) is 26.0 Å². The van der Waals surface area contributed by atoms with E-state index in [1.165, 1.54) is 12.1 Å². The smallest absolute Gasteiger partial charge is 0.333 e. The minimum absolute atomic E-state index is 0.0302. The molecule has 0 fully saturated rings. The Labute approximate surface area is 122 Å². The van der Waals surface area contributed by atoms with Crippen LogP contribution in [0.4, 0.5) is 5.69 Å². The Balaban J connectivity index is 2.64. The van der Waals surface area contributed by atoms with Gasteiger partial charge < -0.3 is 4.74 Å². The first-order valence-electron chi connectivity index (χ1n) is 6.56. The summed E-state index contributed by atoms with van der Waals surface area (Å²) >= 11 is 0. The summed E-state index contributed by atoms with van der Waals surface area (Å²) in [5, 5.41) is 12.8. The molecule has 0 aliphatic carbocycles. The van der Waals surface area contributed by atoms with Crippen LogP contribution in [-0.4, -0.2) is 17.5 Å². The van der Waals surface area contributed by atoms with Crippen molar-refractivity contribution in [2.24, 2.45) is 0 Å². The highest BCUT2D eigenvalue weighted by molar-refractivity contribution is 6.00. The molecular weight excluding hydrogens is 270 g/mol. The van der Waals surface area contributed by atoms with Crippen LogP contribution in [0.3, 0.4) is 0 Å². The van der Waals surface area contributed by atoms with E-state index in [4.69, 9.17) is 4.74 Å². The second-order valence-corrected chi connectivity index (χ2v) is 4.52. The lowest BCUT2D eigenvalue weighted by Gasteiger charge is -2.06. The summed E-state index contributed by atoms with van der Waals surface area (Å²) in [6.45, 7) is 3.57. The van der Waals surface area contributed by atoms with Crippen molar-refractivity contribution < 1.29 is 14.5 Å². The molecular formula is C16H15NO4. The van der Waals surface area contributed by atoms with Gasteiger partial charge in [0, 0.05) is 11.6 Å². The van der Waals surface area contributed by atoms with Crippen LogP contribution in [0.1, 0.15) is 19.4 Å². The van der Waals surface area contributed by atoms with Gasteiger partial charge in [-0.15, -0.1) is 0 Å². The predicted molar refractivity (Wildman–Crippen MR) is 80.9 cm³/mol. The minimum atomic E-state index is -0.472. The number of fused-ring (bicyclic) bond motifs is 1. The molecule has 5 heteroatoms. The molecule has 0 aliphatic heterocycles. The first-order valence-corrected chi connectivity index (χ1v) is 6.56. The molecule has 108 valence electrons. The zero-order valence-corrected chi connectivity index (χ0v) is 11.8.